The molecule has 0 spiro atoms. The van der Waals surface area contributed by atoms with E-state index in [1.807, 2.05) is 24.3 Å². The maximum absolute atomic E-state index is 5.54. The van der Waals surface area contributed by atoms with Crippen LogP contribution in [0.5, 0.6) is 5.75 Å². The van der Waals surface area contributed by atoms with Gasteiger partial charge in [-0.25, -0.2) is 4.98 Å². The third-order valence-corrected chi connectivity index (χ3v) is 5.34. The predicted octanol–water partition coefficient (Wildman–Crippen LogP) is 3.07. The number of aromatic nitrogens is 3. The second kappa shape index (κ2) is 11.7. The number of nitrogens with one attached hydrogen (secondary N) is 3. The molecular weight excluding hydrogens is 521 g/mol. The van der Waals surface area contributed by atoms with Crippen LogP contribution in [0.25, 0.3) is 11.6 Å². The molecule has 9 nitrogen and oxygen atoms in total. The summed E-state index contributed by atoms with van der Waals surface area (Å²) in [6, 6.07) is 12.1. The smallest absolute Gasteiger partial charge is 0.216 e. The molecule has 4 rings (SSSR count). The molecule has 1 fully saturated rings. The Morgan fingerprint density at radius 1 is 1.31 bits per heavy atom. The van der Waals surface area contributed by atoms with Gasteiger partial charge in [0.05, 0.1) is 19.1 Å². The maximum Gasteiger partial charge on any atom is 0.216 e. The molecule has 3 aromatic rings. The predicted molar refractivity (Wildman–Crippen MR) is 136 cm³/mol. The lowest BCUT2D eigenvalue weighted by Gasteiger charge is -2.36. The van der Waals surface area contributed by atoms with Crippen LogP contribution in [-0.4, -0.2) is 61.0 Å². The van der Waals surface area contributed by atoms with E-state index in [-0.39, 0.29) is 24.0 Å². The van der Waals surface area contributed by atoms with Gasteiger partial charge in [0, 0.05) is 39.1 Å². The van der Waals surface area contributed by atoms with Crippen LogP contribution >= 0.6 is 24.0 Å². The first-order valence-corrected chi connectivity index (χ1v) is 10.6. The molecule has 1 unspecified atom stereocenters. The second-order valence-corrected chi connectivity index (χ2v) is 7.43. The lowest BCUT2D eigenvalue weighted by Crippen LogP contribution is -2.51. The molecule has 0 radical (unpaired) electrons. The van der Waals surface area contributed by atoms with E-state index in [9.17, 15) is 0 Å². The molecule has 0 saturated carbocycles. The van der Waals surface area contributed by atoms with Crippen molar-refractivity contribution < 1.29 is 9.15 Å². The topological polar surface area (TPSA) is 104 Å². The average Bonchev–Trinajstić information content (AvgIpc) is 3.51. The minimum Gasteiger partial charge on any atom is -0.495 e. The van der Waals surface area contributed by atoms with E-state index in [1.165, 1.54) is 0 Å². The number of halogens is 1. The number of ether oxygens (including phenoxy) is 1. The summed E-state index contributed by atoms with van der Waals surface area (Å²) in [5.41, 5.74) is 1.14. The first-order chi connectivity index (χ1) is 15.3. The molecule has 10 heteroatoms. The van der Waals surface area contributed by atoms with Crippen LogP contribution in [0.1, 0.15) is 18.7 Å². The van der Waals surface area contributed by atoms with Crippen molar-refractivity contribution in [3.63, 3.8) is 0 Å². The number of aliphatic imine (C=N–C) groups is 1. The van der Waals surface area contributed by atoms with Gasteiger partial charge in [0.25, 0.3) is 0 Å². The van der Waals surface area contributed by atoms with Crippen molar-refractivity contribution in [3.05, 3.63) is 48.5 Å². The van der Waals surface area contributed by atoms with Crippen molar-refractivity contribution in [2.75, 3.05) is 38.7 Å². The normalized spacial score (nSPS) is 16.4. The summed E-state index contributed by atoms with van der Waals surface area (Å²) < 4.78 is 10.9. The molecule has 0 amide bonds. The number of hydrogen-bond donors (Lipinski definition) is 3. The number of furan rings is 1. The van der Waals surface area contributed by atoms with Crippen molar-refractivity contribution in [1.29, 1.82) is 0 Å². The van der Waals surface area contributed by atoms with Crippen molar-refractivity contribution >= 4 is 35.6 Å². The zero-order valence-electron chi connectivity index (χ0n) is 18.4. The number of anilines is 1. The fraction of sp³-hybridized carbons (Fsp3) is 0.409. The van der Waals surface area contributed by atoms with E-state index in [1.54, 1.807) is 20.4 Å². The molecule has 32 heavy (non-hydrogen) atoms. The fourth-order valence-corrected chi connectivity index (χ4v) is 3.82. The monoisotopic (exact) mass is 551 g/mol. The number of piperidine rings is 1. The van der Waals surface area contributed by atoms with Crippen LogP contribution in [0.15, 0.2) is 52.1 Å². The highest BCUT2D eigenvalue weighted by Gasteiger charge is 2.22. The van der Waals surface area contributed by atoms with Gasteiger partial charge < -0.3 is 24.7 Å². The first kappa shape index (κ1) is 23.9. The number of nitrogens with zero attached hydrogens (tertiary/aromatic N) is 4. The molecule has 1 aromatic carbocycles. The van der Waals surface area contributed by atoms with Gasteiger partial charge in [0.2, 0.25) is 5.82 Å². The molecule has 3 N–H and O–H groups in total. The third-order valence-electron chi connectivity index (χ3n) is 5.34. The number of rotatable bonds is 7. The Kier molecular flexibility index (Phi) is 8.77. The molecule has 1 aliphatic rings. The van der Waals surface area contributed by atoms with E-state index >= 15 is 0 Å². The quantitative estimate of drug-likeness (QED) is 0.236. The summed E-state index contributed by atoms with van der Waals surface area (Å²) >= 11 is 0. The summed E-state index contributed by atoms with van der Waals surface area (Å²) in [7, 11) is 3.51. The van der Waals surface area contributed by atoms with E-state index < -0.39 is 0 Å². The van der Waals surface area contributed by atoms with Gasteiger partial charge in [0.15, 0.2) is 11.7 Å². The lowest BCUT2D eigenvalue weighted by molar-refractivity contribution is 0.408. The van der Waals surface area contributed by atoms with E-state index in [0.29, 0.717) is 30.6 Å². The fourth-order valence-electron chi connectivity index (χ4n) is 3.82. The van der Waals surface area contributed by atoms with Crippen molar-refractivity contribution in [2.24, 2.45) is 4.99 Å². The van der Waals surface area contributed by atoms with Crippen molar-refractivity contribution in [1.82, 2.24) is 25.8 Å². The molecule has 1 saturated heterocycles. The Bertz CT molecular complexity index is 990. The SMILES string of the molecule is CN=C(NCCc1nc(-c2ccco2)n[nH]1)NC1CCCN(c2ccccc2OC)C1.I. The Morgan fingerprint density at radius 3 is 2.97 bits per heavy atom. The van der Waals surface area contributed by atoms with Crippen molar-refractivity contribution in [3.8, 4) is 17.3 Å². The summed E-state index contributed by atoms with van der Waals surface area (Å²) in [4.78, 5) is 11.2. The average molecular weight is 551 g/mol. The van der Waals surface area contributed by atoms with Gasteiger partial charge >= 0.3 is 0 Å². The molecule has 2 aromatic heterocycles. The Hall–Kier alpha value is -2.76. The minimum atomic E-state index is 0. The van der Waals surface area contributed by atoms with E-state index in [4.69, 9.17) is 9.15 Å². The molecule has 0 bridgehead atoms. The highest BCUT2D eigenvalue weighted by molar-refractivity contribution is 14.0. The van der Waals surface area contributed by atoms with Crippen LogP contribution in [0.2, 0.25) is 0 Å². The summed E-state index contributed by atoms with van der Waals surface area (Å²) in [6.45, 7) is 2.61. The Balaban J connectivity index is 0.00000289. The van der Waals surface area contributed by atoms with Crippen LogP contribution in [0.3, 0.4) is 0 Å². The molecule has 1 aliphatic heterocycles. The Labute approximate surface area is 205 Å². The van der Waals surface area contributed by atoms with Gasteiger partial charge in [0.1, 0.15) is 11.6 Å². The summed E-state index contributed by atoms with van der Waals surface area (Å²) in [5.74, 6) is 3.73. The highest BCUT2D eigenvalue weighted by atomic mass is 127. The number of para-hydroxylation sites is 2. The summed E-state index contributed by atoms with van der Waals surface area (Å²) in [5, 5.41) is 14.1. The molecular formula is C22H30IN7O2. The molecule has 1 atom stereocenters. The van der Waals surface area contributed by atoms with Crippen LogP contribution < -0.4 is 20.3 Å². The van der Waals surface area contributed by atoms with Gasteiger partial charge in [-0.05, 0) is 37.1 Å². The number of methoxy groups -OCH3 is 1. The van der Waals surface area contributed by atoms with Crippen LogP contribution in [-0.2, 0) is 6.42 Å². The number of aromatic amines is 1. The molecule has 172 valence electrons. The summed E-state index contributed by atoms with van der Waals surface area (Å²) in [6.07, 6.45) is 4.52. The Morgan fingerprint density at radius 2 is 2.19 bits per heavy atom. The lowest BCUT2D eigenvalue weighted by atomic mass is 10.0. The maximum atomic E-state index is 5.54. The van der Waals surface area contributed by atoms with E-state index in [2.05, 4.69) is 47.8 Å². The van der Waals surface area contributed by atoms with Gasteiger partial charge in [-0.3, -0.25) is 10.1 Å². The third kappa shape index (κ3) is 5.93. The largest absolute Gasteiger partial charge is 0.495 e. The van der Waals surface area contributed by atoms with Crippen LogP contribution in [0.4, 0.5) is 5.69 Å². The van der Waals surface area contributed by atoms with E-state index in [0.717, 1.165) is 49.2 Å². The first-order valence-electron chi connectivity index (χ1n) is 10.6. The zero-order chi connectivity index (χ0) is 21.5. The van der Waals surface area contributed by atoms with Crippen molar-refractivity contribution in [2.45, 2.75) is 25.3 Å². The zero-order valence-corrected chi connectivity index (χ0v) is 20.7. The van der Waals surface area contributed by atoms with Gasteiger partial charge in [-0.2, -0.15) is 5.10 Å². The highest BCUT2D eigenvalue weighted by Crippen LogP contribution is 2.29. The number of hydrogen-bond acceptors (Lipinski definition) is 6. The minimum absolute atomic E-state index is 0. The second-order valence-electron chi connectivity index (χ2n) is 7.43. The number of benzene rings is 1. The van der Waals surface area contributed by atoms with Gasteiger partial charge in [-0.15, -0.1) is 24.0 Å². The standard InChI is InChI=1S/C22H29N7O2.HI/c1-23-22(24-12-11-20-26-21(28-27-20)19-10-6-14-31-19)25-16-7-5-13-29(15-16)17-8-3-4-9-18(17)30-2;/h3-4,6,8-10,14,16H,5,7,11-13,15H2,1-2H3,(H2,23,24,25)(H,26,27,28);1H. The number of guanidine groups is 1. The number of H-pyrrole nitrogens is 1. The van der Waals surface area contributed by atoms with Crippen LogP contribution in [0, 0.1) is 0 Å². The van der Waals surface area contributed by atoms with Gasteiger partial charge in [-0.1, -0.05) is 12.1 Å². The molecule has 0 aliphatic carbocycles. The molecule has 3 heterocycles.